The average Bonchev–Trinajstić information content (AvgIpc) is 2.79. The van der Waals surface area contributed by atoms with Crippen molar-refractivity contribution < 1.29 is 14.3 Å². The zero-order valence-corrected chi connectivity index (χ0v) is 16.2. The van der Waals surface area contributed by atoms with E-state index in [0.717, 1.165) is 49.1 Å². The Labute approximate surface area is 171 Å². The highest BCUT2D eigenvalue weighted by molar-refractivity contribution is 6.07. The Hall–Kier alpha value is -3.37. The number of ketones is 1. The molecule has 29 heavy (non-hydrogen) atoms. The maximum atomic E-state index is 12.5. The van der Waals surface area contributed by atoms with E-state index in [-0.39, 0.29) is 5.78 Å². The molecule has 1 fully saturated rings. The summed E-state index contributed by atoms with van der Waals surface area (Å²) in [7, 11) is 0. The normalized spacial score (nSPS) is 14.1. The topological polar surface area (TPSA) is 38.8 Å². The second-order valence-corrected chi connectivity index (χ2v) is 6.83. The fourth-order valence-electron chi connectivity index (χ4n) is 3.23. The molecular weight excluding hydrogens is 362 g/mol. The summed E-state index contributed by atoms with van der Waals surface area (Å²) in [5.74, 6) is 1.50. The highest BCUT2D eigenvalue weighted by Crippen LogP contribution is 2.22. The van der Waals surface area contributed by atoms with Crippen LogP contribution >= 0.6 is 0 Å². The number of para-hydroxylation sites is 1. The first kappa shape index (κ1) is 19.0. The van der Waals surface area contributed by atoms with E-state index in [1.54, 1.807) is 6.08 Å². The number of carbonyl (C=O) groups is 1. The highest BCUT2D eigenvalue weighted by atomic mass is 16.5. The molecule has 0 aromatic heterocycles. The molecule has 0 unspecified atom stereocenters. The molecule has 0 bridgehead atoms. The third-order valence-electron chi connectivity index (χ3n) is 4.79. The Morgan fingerprint density at radius 2 is 1.59 bits per heavy atom. The van der Waals surface area contributed by atoms with Gasteiger partial charge in [-0.2, -0.15) is 0 Å². The van der Waals surface area contributed by atoms with E-state index in [1.165, 1.54) is 0 Å². The summed E-state index contributed by atoms with van der Waals surface area (Å²) >= 11 is 0. The standard InChI is InChI=1S/C25H23NO3/c27-25(21-10-12-22(13-11-21)26-15-17-28-18-16-26)14-9-20-5-4-8-24(19-20)29-23-6-2-1-3-7-23/h1-14,19H,15-18H2/b14-9+. The predicted octanol–water partition coefficient (Wildman–Crippen LogP) is 5.21. The number of allylic oxidation sites excluding steroid dienone is 1. The van der Waals surface area contributed by atoms with Crippen molar-refractivity contribution in [3.8, 4) is 11.5 Å². The zero-order chi connectivity index (χ0) is 19.9. The SMILES string of the molecule is O=C(/C=C/c1cccc(Oc2ccccc2)c1)c1ccc(N2CCOCC2)cc1. The molecule has 1 saturated heterocycles. The van der Waals surface area contributed by atoms with Gasteiger partial charge in [0.1, 0.15) is 11.5 Å². The zero-order valence-electron chi connectivity index (χ0n) is 16.2. The molecule has 3 aromatic carbocycles. The Morgan fingerprint density at radius 3 is 2.34 bits per heavy atom. The molecule has 4 nitrogen and oxygen atoms in total. The van der Waals surface area contributed by atoms with Gasteiger partial charge in [0.05, 0.1) is 13.2 Å². The number of hydrogen-bond donors (Lipinski definition) is 0. The van der Waals surface area contributed by atoms with Crippen LogP contribution in [0.4, 0.5) is 5.69 Å². The first-order chi connectivity index (χ1) is 14.3. The van der Waals surface area contributed by atoms with E-state index in [1.807, 2.05) is 84.9 Å². The van der Waals surface area contributed by atoms with Gasteiger partial charge in [0.15, 0.2) is 5.78 Å². The molecule has 0 N–H and O–H groups in total. The summed E-state index contributed by atoms with van der Waals surface area (Å²) in [5.41, 5.74) is 2.71. The van der Waals surface area contributed by atoms with Gasteiger partial charge in [-0.1, -0.05) is 36.4 Å². The van der Waals surface area contributed by atoms with Gasteiger partial charge in [-0.25, -0.2) is 0 Å². The summed E-state index contributed by atoms with van der Waals surface area (Å²) in [4.78, 5) is 14.8. The van der Waals surface area contributed by atoms with E-state index < -0.39 is 0 Å². The molecule has 0 spiro atoms. The lowest BCUT2D eigenvalue weighted by atomic mass is 10.1. The third kappa shape index (κ3) is 5.12. The second-order valence-electron chi connectivity index (χ2n) is 6.83. The number of morpholine rings is 1. The van der Waals surface area contributed by atoms with Crippen molar-refractivity contribution in [2.75, 3.05) is 31.2 Å². The number of nitrogens with zero attached hydrogens (tertiary/aromatic N) is 1. The van der Waals surface area contributed by atoms with Gasteiger partial charge in [0.2, 0.25) is 0 Å². The molecule has 1 aliphatic heterocycles. The van der Waals surface area contributed by atoms with Gasteiger partial charge in [0, 0.05) is 24.3 Å². The van der Waals surface area contributed by atoms with Gasteiger partial charge in [-0.3, -0.25) is 4.79 Å². The van der Waals surface area contributed by atoms with Crippen molar-refractivity contribution in [2.24, 2.45) is 0 Å². The first-order valence-electron chi connectivity index (χ1n) is 9.76. The molecule has 4 rings (SSSR count). The van der Waals surface area contributed by atoms with Crippen molar-refractivity contribution in [3.63, 3.8) is 0 Å². The molecule has 0 aliphatic carbocycles. The van der Waals surface area contributed by atoms with Gasteiger partial charge in [-0.15, -0.1) is 0 Å². The molecule has 0 atom stereocenters. The van der Waals surface area contributed by atoms with Crippen LogP contribution < -0.4 is 9.64 Å². The number of rotatable bonds is 6. The smallest absolute Gasteiger partial charge is 0.185 e. The Bertz CT molecular complexity index is 974. The Morgan fingerprint density at radius 1 is 0.862 bits per heavy atom. The molecule has 4 heteroatoms. The van der Waals surface area contributed by atoms with Crippen LogP contribution in [0.5, 0.6) is 11.5 Å². The predicted molar refractivity (Wildman–Crippen MR) is 116 cm³/mol. The van der Waals surface area contributed by atoms with Gasteiger partial charge in [0.25, 0.3) is 0 Å². The van der Waals surface area contributed by atoms with Crippen LogP contribution in [0.1, 0.15) is 15.9 Å². The first-order valence-corrected chi connectivity index (χ1v) is 9.76. The molecule has 0 saturated carbocycles. The number of benzene rings is 3. The molecule has 1 heterocycles. The van der Waals surface area contributed by atoms with E-state index in [0.29, 0.717) is 5.56 Å². The van der Waals surface area contributed by atoms with E-state index in [2.05, 4.69) is 4.90 Å². The van der Waals surface area contributed by atoms with E-state index >= 15 is 0 Å². The van der Waals surface area contributed by atoms with Crippen LogP contribution in [0.25, 0.3) is 6.08 Å². The maximum absolute atomic E-state index is 12.5. The molecular formula is C25H23NO3. The Balaban J connectivity index is 1.40. The monoisotopic (exact) mass is 385 g/mol. The van der Waals surface area contributed by atoms with Crippen molar-refractivity contribution in [3.05, 3.63) is 96.1 Å². The fraction of sp³-hybridized carbons (Fsp3) is 0.160. The minimum Gasteiger partial charge on any atom is -0.457 e. The molecule has 0 radical (unpaired) electrons. The number of hydrogen-bond acceptors (Lipinski definition) is 4. The van der Waals surface area contributed by atoms with Gasteiger partial charge >= 0.3 is 0 Å². The molecule has 3 aromatic rings. The van der Waals surface area contributed by atoms with E-state index in [4.69, 9.17) is 9.47 Å². The van der Waals surface area contributed by atoms with Crippen LogP contribution in [0.2, 0.25) is 0 Å². The van der Waals surface area contributed by atoms with Crippen molar-refractivity contribution >= 4 is 17.5 Å². The number of carbonyl (C=O) groups excluding carboxylic acids is 1. The summed E-state index contributed by atoms with van der Waals surface area (Å²) in [5, 5.41) is 0. The minimum absolute atomic E-state index is 0.0205. The van der Waals surface area contributed by atoms with Crippen LogP contribution in [-0.2, 0) is 4.74 Å². The molecule has 0 amide bonds. The molecule has 146 valence electrons. The van der Waals surface area contributed by atoms with Crippen molar-refractivity contribution in [1.82, 2.24) is 0 Å². The maximum Gasteiger partial charge on any atom is 0.185 e. The van der Waals surface area contributed by atoms with Crippen LogP contribution in [0.15, 0.2) is 84.9 Å². The Kier molecular flexibility index (Phi) is 6.03. The van der Waals surface area contributed by atoms with Crippen molar-refractivity contribution in [2.45, 2.75) is 0 Å². The van der Waals surface area contributed by atoms with Crippen LogP contribution in [0.3, 0.4) is 0 Å². The average molecular weight is 385 g/mol. The van der Waals surface area contributed by atoms with Crippen LogP contribution in [0, 0.1) is 0 Å². The lowest BCUT2D eigenvalue weighted by molar-refractivity contribution is 0.104. The second kappa shape index (κ2) is 9.22. The number of ether oxygens (including phenoxy) is 2. The van der Waals surface area contributed by atoms with Gasteiger partial charge < -0.3 is 14.4 Å². The third-order valence-corrected chi connectivity index (χ3v) is 4.79. The van der Waals surface area contributed by atoms with Crippen molar-refractivity contribution in [1.29, 1.82) is 0 Å². The highest BCUT2D eigenvalue weighted by Gasteiger charge is 2.11. The van der Waals surface area contributed by atoms with Gasteiger partial charge in [-0.05, 0) is 60.2 Å². The summed E-state index contributed by atoms with van der Waals surface area (Å²) in [6, 6.07) is 25.1. The largest absolute Gasteiger partial charge is 0.457 e. The summed E-state index contributed by atoms with van der Waals surface area (Å²) in [6.45, 7) is 3.26. The summed E-state index contributed by atoms with van der Waals surface area (Å²) in [6.07, 6.45) is 3.42. The number of anilines is 1. The minimum atomic E-state index is -0.0205. The van der Waals surface area contributed by atoms with Crippen LogP contribution in [-0.4, -0.2) is 32.1 Å². The lowest BCUT2D eigenvalue weighted by Gasteiger charge is -2.28. The molecule has 1 aliphatic rings. The quantitative estimate of drug-likeness (QED) is 0.431. The lowest BCUT2D eigenvalue weighted by Crippen LogP contribution is -2.36. The van der Waals surface area contributed by atoms with E-state index in [9.17, 15) is 4.79 Å². The fourth-order valence-corrected chi connectivity index (χ4v) is 3.23. The summed E-state index contributed by atoms with van der Waals surface area (Å²) < 4.78 is 11.2.